The van der Waals surface area contributed by atoms with E-state index in [1.165, 1.54) is 12.1 Å². The number of hydrogen-bond donors (Lipinski definition) is 2. The molecule has 1 amide bonds. The standard InChI is InChI=1S/C11H11N3O5S/c12-5-8-1-3-9(4-2-8)20(18,19)14(6-10(13)15)7-11(16)17/h1-4H,6-7H2,(H2,13,15)(H,16,17). The van der Waals surface area contributed by atoms with Gasteiger partial charge in [0.2, 0.25) is 15.9 Å². The van der Waals surface area contributed by atoms with E-state index in [0.29, 0.717) is 4.31 Å². The van der Waals surface area contributed by atoms with E-state index in [1.807, 2.05) is 6.07 Å². The summed E-state index contributed by atoms with van der Waals surface area (Å²) in [5, 5.41) is 17.3. The van der Waals surface area contributed by atoms with Gasteiger partial charge in [-0.2, -0.15) is 9.57 Å². The maximum Gasteiger partial charge on any atom is 0.318 e. The Labute approximate surface area is 115 Å². The van der Waals surface area contributed by atoms with Gasteiger partial charge in [0.15, 0.2) is 0 Å². The molecule has 0 aliphatic carbocycles. The Hall–Kier alpha value is -2.44. The third-order valence-electron chi connectivity index (χ3n) is 2.26. The molecular formula is C11H11N3O5S. The van der Waals surface area contributed by atoms with Crippen LogP contribution in [0.5, 0.6) is 0 Å². The van der Waals surface area contributed by atoms with Crippen LogP contribution in [0.1, 0.15) is 5.56 Å². The van der Waals surface area contributed by atoms with E-state index in [4.69, 9.17) is 16.1 Å². The molecule has 0 saturated heterocycles. The molecule has 1 rings (SSSR count). The van der Waals surface area contributed by atoms with Crippen molar-refractivity contribution in [3.8, 4) is 6.07 Å². The van der Waals surface area contributed by atoms with Gasteiger partial charge >= 0.3 is 5.97 Å². The first-order chi connectivity index (χ1) is 9.27. The number of aliphatic carboxylic acids is 1. The van der Waals surface area contributed by atoms with Gasteiger partial charge in [-0.3, -0.25) is 9.59 Å². The SMILES string of the molecule is N#Cc1ccc(S(=O)(=O)N(CC(N)=O)CC(=O)O)cc1. The van der Waals surface area contributed by atoms with Gasteiger partial charge in [-0.1, -0.05) is 0 Å². The normalized spacial score (nSPS) is 11.0. The van der Waals surface area contributed by atoms with Gasteiger partial charge in [-0.15, -0.1) is 0 Å². The Balaban J connectivity index is 3.17. The fraction of sp³-hybridized carbons (Fsp3) is 0.182. The lowest BCUT2D eigenvalue weighted by Gasteiger charge is -2.18. The first-order valence-electron chi connectivity index (χ1n) is 5.28. The van der Waals surface area contributed by atoms with Crippen LogP contribution in [-0.4, -0.2) is 42.8 Å². The Bertz CT molecular complexity index is 644. The summed E-state index contributed by atoms with van der Waals surface area (Å²) in [6.07, 6.45) is 0. The van der Waals surface area contributed by atoms with Crippen LogP contribution in [0.15, 0.2) is 29.2 Å². The first kappa shape index (κ1) is 15.6. The van der Waals surface area contributed by atoms with Crippen LogP contribution in [0.3, 0.4) is 0 Å². The first-order valence-corrected chi connectivity index (χ1v) is 6.72. The number of hydrogen-bond acceptors (Lipinski definition) is 5. The van der Waals surface area contributed by atoms with E-state index in [9.17, 15) is 18.0 Å². The molecule has 106 valence electrons. The van der Waals surface area contributed by atoms with Crippen LogP contribution in [0, 0.1) is 11.3 Å². The highest BCUT2D eigenvalue weighted by Gasteiger charge is 2.27. The number of amides is 1. The number of sulfonamides is 1. The molecule has 0 aromatic heterocycles. The van der Waals surface area contributed by atoms with E-state index < -0.39 is 35.0 Å². The molecular weight excluding hydrogens is 286 g/mol. The fourth-order valence-corrected chi connectivity index (χ4v) is 2.76. The maximum absolute atomic E-state index is 12.2. The summed E-state index contributed by atoms with van der Waals surface area (Å²) in [6.45, 7) is -1.63. The molecule has 3 N–H and O–H groups in total. The van der Waals surface area contributed by atoms with Crippen molar-refractivity contribution < 1.29 is 23.1 Å². The quantitative estimate of drug-likeness (QED) is 0.698. The van der Waals surface area contributed by atoms with Crippen LogP contribution in [0.25, 0.3) is 0 Å². The van der Waals surface area contributed by atoms with E-state index in [-0.39, 0.29) is 10.5 Å². The summed E-state index contributed by atoms with van der Waals surface area (Å²) in [7, 11) is -4.17. The molecule has 1 aromatic rings. The van der Waals surface area contributed by atoms with Crippen molar-refractivity contribution in [3.05, 3.63) is 29.8 Å². The van der Waals surface area contributed by atoms with Crippen molar-refractivity contribution >= 4 is 21.9 Å². The number of carboxylic acids is 1. The van der Waals surface area contributed by atoms with Crippen LogP contribution in [0.4, 0.5) is 0 Å². The topological polar surface area (TPSA) is 142 Å². The van der Waals surface area contributed by atoms with Crippen molar-refractivity contribution in [1.82, 2.24) is 4.31 Å². The summed E-state index contributed by atoms with van der Waals surface area (Å²) in [5.74, 6) is -2.38. The molecule has 0 heterocycles. The zero-order chi connectivity index (χ0) is 15.3. The third kappa shape index (κ3) is 3.78. The lowest BCUT2D eigenvalue weighted by atomic mass is 10.2. The predicted octanol–water partition coefficient (Wildman–Crippen LogP) is -0.881. The number of carbonyl (C=O) groups is 2. The molecule has 0 aliphatic heterocycles. The molecule has 0 spiro atoms. The minimum atomic E-state index is -4.17. The Morgan fingerprint density at radius 2 is 1.80 bits per heavy atom. The average Bonchev–Trinajstić information content (AvgIpc) is 2.37. The molecule has 0 fully saturated rings. The zero-order valence-corrected chi connectivity index (χ0v) is 11.0. The molecule has 0 bridgehead atoms. The third-order valence-corrected chi connectivity index (χ3v) is 4.07. The minimum absolute atomic E-state index is 0.223. The number of benzene rings is 1. The fourth-order valence-electron chi connectivity index (χ4n) is 1.40. The molecule has 9 heteroatoms. The van der Waals surface area contributed by atoms with Crippen molar-refractivity contribution in [2.45, 2.75) is 4.90 Å². The number of nitrogens with zero attached hydrogens (tertiary/aromatic N) is 2. The Morgan fingerprint density at radius 1 is 1.25 bits per heavy atom. The average molecular weight is 297 g/mol. The van der Waals surface area contributed by atoms with Crippen molar-refractivity contribution in [2.75, 3.05) is 13.1 Å². The molecule has 0 radical (unpaired) electrons. The predicted molar refractivity (Wildman–Crippen MR) is 66.7 cm³/mol. The van der Waals surface area contributed by atoms with E-state index in [1.54, 1.807) is 0 Å². The Kier molecular flexibility index (Phi) is 4.79. The van der Waals surface area contributed by atoms with Crippen LogP contribution >= 0.6 is 0 Å². The summed E-state index contributed by atoms with van der Waals surface area (Å²) >= 11 is 0. The molecule has 20 heavy (non-hydrogen) atoms. The monoisotopic (exact) mass is 297 g/mol. The lowest BCUT2D eigenvalue weighted by Crippen LogP contribution is -2.41. The number of rotatable bonds is 6. The molecule has 0 aliphatic rings. The molecule has 1 aromatic carbocycles. The maximum atomic E-state index is 12.2. The van der Waals surface area contributed by atoms with E-state index in [0.717, 1.165) is 12.1 Å². The van der Waals surface area contributed by atoms with Crippen molar-refractivity contribution in [3.63, 3.8) is 0 Å². The molecule has 8 nitrogen and oxygen atoms in total. The van der Waals surface area contributed by atoms with Gasteiger partial charge in [-0.25, -0.2) is 8.42 Å². The van der Waals surface area contributed by atoms with Gasteiger partial charge < -0.3 is 10.8 Å². The summed E-state index contributed by atoms with van der Waals surface area (Å²) in [5.41, 5.74) is 5.16. The number of carbonyl (C=O) groups excluding carboxylic acids is 1. The summed E-state index contributed by atoms with van der Waals surface area (Å²) in [4.78, 5) is 21.3. The second-order valence-corrected chi connectivity index (χ2v) is 5.71. The Morgan fingerprint density at radius 3 is 2.20 bits per heavy atom. The molecule has 0 atom stereocenters. The largest absolute Gasteiger partial charge is 0.480 e. The lowest BCUT2D eigenvalue weighted by molar-refractivity contribution is -0.137. The van der Waals surface area contributed by atoms with Gasteiger partial charge in [0, 0.05) is 0 Å². The van der Waals surface area contributed by atoms with Crippen molar-refractivity contribution in [2.24, 2.45) is 5.73 Å². The van der Waals surface area contributed by atoms with Gasteiger partial charge in [0.1, 0.15) is 6.54 Å². The highest BCUT2D eigenvalue weighted by atomic mass is 32.2. The highest BCUT2D eigenvalue weighted by molar-refractivity contribution is 7.89. The number of nitriles is 1. The highest BCUT2D eigenvalue weighted by Crippen LogP contribution is 2.16. The van der Waals surface area contributed by atoms with Crippen LogP contribution in [-0.2, 0) is 19.6 Å². The van der Waals surface area contributed by atoms with Crippen LogP contribution in [0.2, 0.25) is 0 Å². The van der Waals surface area contributed by atoms with Gasteiger partial charge in [-0.05, 0) is 24.3 Å². The number of primary amides is 1. The second kappa shape index (κ2) is 6.14. The van der Waals surface area contributed by atoms with Gasteiger partial charge in [0.05, 0.1) is 23.1 Å². The van der Waals surface area contributed by atoms with E-state index in [2.05, 4.69) is 0 Å². The minimum Gasteiger partial charge on any atom is -0.480 e. The summed E-state index contributed by atoms with van der Waals surface area (Å²) < 4.78 is 24.8. The van der Waals surface area contributed by atoms with Crippen LogP contribution < -0.4 is 5.73 Å². The molecule has 0 saturated carbocycles. The molecule has 0 unspecified atom stereocenters. The zero-order valence-electron chi connectivity index (χ0n) is 10.2. The second-order valence-electron chi connectivity index (χ2n) is 3.77. The number of carboxylic acid groups (broad SMARTS) is 1. The summed E-state index contributed by atoms with van der Waals surface area (Å²) in [6, 6.07) is 6.68. The smallest absolute Gasteiger partial charge is 0.318 e. The number of nitrogens with two attached hydrogens (primary N) is 1. The van der Waals surface area contributed by atoms with Gasteiger partial charge in [0.25, 0.3) is 0 Å². The van der Waals surface area contributed by atoms with Crippen molar-refractivity contribution in [1.29, 1.82) is 5.26 Å². The van der Waals surface area contributed by atoms with E-state index >= 15 is 0 Å².